The van der Waals surface area contributed by atoms with Crippen LogP contribution in [0, 0.1) is 0 Å². The first-order valence-corrected chi connectivity index (χ1v) is 8.90. The number of hydrogen-bond donors (Lipinski definition) is 1. The molecule has 0 aliphatic heterocycles. The molecule has 0 radical (unpaired) electrons. The summed E-state index contributed by atoms with van der Waals surface area (Å²) in [7, 11) is 2.05. The van der Waals surface area contributed by atoms with Gasteiger partial charge in [0.1, 0.15) is 5.75 Å². The van der Waals surface area contributed by atoms with Gasteiger partial charge >= 0.3 is 0 Å². The van der Waals surface area contributed by atoms with Crippen molar-refractivity contribution in [2.75, 3.05) is 19.4 Å². The van der Waals surface area contributed by atoms with Gasteiger partial charge in [0.25, 0.3) is 0 Å². The van der Waals surface area contributed by atoms with Crippen LogP contribution in [0.25, 0.3) is 0 Å². The molecule has 0 amide bonds. The van der Waals surface area contributed by atoms with E-state index in [4.69, 9.17) is 4.74 Å². The van der Waals surface area contributed by atoms with Gasteiger partial charge in [-0.15, -0.1) is 0 Å². The van der Waals surface area contributed by atoms with Crippen molar-refractivity contribution in [2.24, 2.45) is 0 Å². The van der Waals surface area contributed by atoms with Crippen molar-refractivity contribution in [3.05, 3.63) is 29.8 Å². The number of benzene rings is 1. The molecule has 1 fully saturated rings. The molecule has 0 saturated heterocycles. The Morgan fingerprint density at radius 1 is 1.25 bits per heavy atom. The Hall–Kier alpha value is -0.670. The second-order valence-electron chi connectivity index (χ2n) is 5.41. The van der Waals surface area contributed by atoms with Crippen molar-refractivity contribution in [1.29, 1.82) is 0 Å². The largest absolute Gasteiger partial charge is 0.494 e. The minimum atomic E-state index is 0.379. The smallest absolute Gasteiger partial charge is 0.124 e. The fourth-order valence-electron chi connectivity index (χ4n) is 2.85. The molecule has 1 aliphatic rings. The van der Waals surface area contributed by atoms with Crippen LogP contribution < -0.4 is 10.1 Å². The quantitative estimate of drug-likeness (QED) is 0.804. The summed E-state index contributed by atoms with van der Waals surface area (Å²) in [5.41, 5.74) is 1.29. The molecule has 0 aromatic heterocycles. The fraction of sp³-hybridized carbons (Fsp3) is 0.647. The van der Waals surface area contributed by atoms with E-state index in [1.807, 2.05) is 6.92 Å². The molecule has 1 atom stereocenters. The normalized spacial score (nSPS) is 17.9. The molecular formula is C17H27NOS. The molecule has 2 nitrogen and oxygen atoms in total. The van der Waals surface area contributed by atoms with E-state index in [-0.39, 0.29) is 0 Å². The van der Waals surface area contributed by atoms with E-state index >= 15 is 0 Å². The van der Waals surface area contributed by atoms with Gasteiger partial charge in [0, 0.05) is 22.6 Å². The summed E-state index contributed by atoms with van der Waals surface area (Å²) in [4.78, 5) is 0. The first-order chi connectivity index (χ1) is 9.85. The minimum Gasteiger partial charge on any atom is -0.494 e. The number of hydrogen-bond acceptors (Lipinski definition) is 3. The Morgan fingerprint density at radius 3 is 2.70 bits per heavy atom. The highest BCUT2D eigenvalue weighted by molar-refractivity contribution is 7.99. The number of para-hydroxylation sites is 1. The van der Waals surface area contributed by atoms with Crippen molar-refractivity contribution in [3.8, 4) is 5.75 Å². The van der Waals surface area contributed by atoms with E-state index in [0.29, 0.717) is 6.04 Å². The summed E-state index contributed by atoms with van der Waals surface area (Å²) in [5, 5.41) is 4.32. The third-order valence-electron chi connectivity index (χ3n) is 3.99. The lowest BCUT2D eigenvalue weighted by molar-refractivity contribution is 0.333. The van der Waals surface area contributed by atoms with Gasteiger partial charge in [0.05, 0.1) is 6.61 Å². The maximum Gasteiger partial charge on any atom is 0.124 e. The predicted molar refractivity (Wildman–Crippen MR) is 88.7 cm³/mol. The first-order valence-electron chi connectivity index (χ1n) is 7.85. The Morgan fingerprint density at radius 2 is 2.00 bits per heavy atom. The van der Waals surface area contributed by atoms with Crippen LogP contribution in [0.2, 0.25) is 0 Å². The molecule has 0 heterocycles. The summed E-state index contributed by atoms with van der Waals surface area (Å²) in [6.07, 6.45) is 7.05. The number of ether oxygens (including phenoxy) is 1. The van der Waals surface area contributed by atoms with Gasteiger partial charge in [-0.2, -0.15) is 11.8 Å². The molecule has 2 rings (SSSR count). The second-order valence-corrected chi connectivity index (χ2v) is 6.74. The van der Waals surface area contributed by atoms with E-state index in [2.05, 4.69) is 48.4 Å². The van der Waals surface area contributed by atoms with Crippen molar-refractivity contribution < 1.29 is 4.74 Å². The van der Waals surface area contributed by atoms with E-state index in [9.17, 15) is 0 Å². The molecule has 3 heteroatoms. The molecule has 1 aliphatic carbocycles. The summed E-state index contributed by atoms with van der Waals surface area (Å²) in [6, 6.07) is 8.80. The summed E-state index contributed by atoms with van der Waals surface area (Å²) in [5.74, 6) is 2.16. The molecule has 20 heavy (non-hydrogen) atoms. The lowest BCUT2D eigenvalue weighted by Crippen LogP contribution is -2.21. The monoisotopic (exact) mass is 293 g/mol. The van der Waals surface area contributed by atoms with Gasteiger partial charge in [-0.25, -0.2) is 0 Å². The molecule has 1 aromatic carbocycles. The Bertz CT molecular complexity index is 390. The van der Waals surface area contributed by atoms with Crippen molar-refractivity contribution in [3.63, 3.8) is 0 Å². The van der Waals surface area contributed by atoms with Crippen LogP contribution in [-0.4, -0.2) is 24.7 Å². The Kier molecular flexibility index (Phi) is 6.74. The zero-order valence-corrected chi connectivity index (χ0v) is 13.5. The van der Waals surface area contributed by atoms with E-state index in [1.54, 1.807) is 0 Å². The molecule has 1 N–H and O–H groups in total. The van der Waals surface area contributed by atoms with Crippen LogP contribution in [0.1, 0.15) is 50.6 Å². The summed E-state index contributed by atoms with van der Waals surface area (Å²) < 4.78 is 5.76. The van der Waals surface area contributed by atoms with Crippen LogP contribution in [0.15, 0.2) is 24.3 Å². The van der Waals surface area contributed by atoms with Crippen molar-refractivity contribution in [2.45, 2.75) is 50.3 Å². The topological polar surface area (TPSA) is 21.3 Å². The Labute approximate surface area is 127 Å². The zero-order chi connectivity index (χ0) is 14.2. The Balaban J connectivity index is 1.96. The fourth-order valence-corrected chi connectivity index (χ4v) is 4.33. The highest BCUT2D eigenvalue weighted by atomic mass is 32.2. The van der Waals surface area contributed by atoms with E-state index < -0.39 is 0 Å². The lowest BCUT2D eigenvalue weighted by Gasteiger charge is -2.25. The third-order valence-corrected chi connectivity index (χ3v) is 5.46. The van der Waals surface area contributed by atoms with Crippen molar-refractivity contribution >= 4 is 11.8 Å². The second kappa shape index (κ2) is 8.58. The standard InChI is InChI=1S/C17H27NOS/c1-3-19-17-12-8-7-11-15(17)16(18-2)13-20-14-9-5-4-6-10-14/h7-8,11-12,14,16,18H,3-6,9-10,13H2,1-2H3. The van der Waals surface area contributed by atoms with Gasteiger partial charge in [-0.3, -0.25) is 0 Å². The van der Waals surface area contributed by atoms with Gasteiger partial charge in [-0.05, 0) is 32.9 Å². The molecule has 1 unspecified atom stereocenters. The van der Waals surface area contributed by atoms with E-state index in [1.165, 1.54) is 37.7 Å². The number of thioether (sulfide) groups is 1. The molecule has 112 valence electrons. The van der Waals surface area contributed by atoms with Gasteiger partial charge in [0.2, 0.25) is 0 Å². The van der Waals surface area contributed by atoms with Crippen LogP contribution in [-0.2, 0) is 0 Å². The van der Waals surface area contributed by atoms with Crippen LogP contribution in [0.4, 0.5) is 0 Å². The van der Waals surface area contributed by atoms with Crippen LogP contribution in [0.3, 0.4) is 0 Å². The van der Waals surface area contributed by atoms with Gasteiger partial charge in [0.15, 0.2) is 0 Å². The molecule has 0 spiro atoms. The zero-order valence-electron chi connectivity index (χ0n) is 12.7. The van der Waals surface area contributed by atoms with Crippen LogP contribution in [0.5, 0.6) is 5.75 Å². The van der Waals surface area contributed by atoms with Crippen LogP contribution >= 0.6 is 11.8 Å². The highest BCUT2D eigenvalue weighted by Crippen LogP contribution is 2.33. The molecule has 1 saturated carbocycles. The predicted octanol–water partition coefficient (Wildman–Crippen LogP) is 4.41. The molecule has 1 aromatic rings. The maximum absolute atomic E-state index is 5.76. The summed E-state index contributed by atoms with van der Waals surface area (Å²) >= 11 is 2.13. The van der Waals surface area contributed by atoms with Gasteiger partial charge in [-0.1, -0.05) is 37.5 Å². The average molecular weight is 293 g/mol. The number of nitrogens with one attached hydrogen (secondary N) is 1. The first kappa shape index (κ1) is 15.7. The third kappa shape index (κ3) is 4.42. The lowest BCUT2D eigenvalue weighted by atomic mass is 10.0. The van der Waals surface area contributed by atoms with E-state index in [0.717, 1.165) is 23.4 Å². The number of rotatable bonds is 7. The van der Waals surface area contributed by atoms with Gasteiger partial charge < -0.3 is 10.1 Å². The molecular weight excluding hydrogens is 266 g/mol. The maximum atomic E-state index is 5.76. The summed E-state index contributed by atoms with van der Waals surface area (Å²) in [6.45, 7) is 2.77. The highest BCUT2D eigenvalue weighted by Gasteiger charge is 2.19. The van der Waals surface area contributed by atoms with Crippen molar-refractivity contribution in [1.82, 2.24) is 5.32 Å². The SMILES string of the molecule is CCOc1ccccc1C(CSC1CCCCC1)NC. The minimum absolute atomic E-state index is 0.379. The molecule has 0 bridgehead atoms. The average Bonchev–Trinajstić information content (AvgIpc) is 2.51.